The molecule has 29 heavy (non-hydrogen) atoms. The maximum atomic E-state index is 11.2. The van der Waals surface area contributed by atoms with E-state index in [0.29, 0.717) is 11.6 Å². The molecule has 1 aliphatic rings. The van der Waals surface area contributed by atoms with Crippen LogP contribution in [-0.2, 0) is 0 Å². The molecule has 1 aliphatic carbocycles. The lowest BCUT2D eigenvalue weighted by molar-refractivity contribution is -0.384. The quantitative estimate of drug-likeness (QED) is 0.275. The molecule has 0 aliphatic heterocycles. The van der Waals surface area contributed by atoms with Crippen LogP contribution in [0.15, 0.2) is 51.2 Å². The molecule has 2 aromatic heterocycles. The van der Waals surface area contributed by atoms with Gasteiger partial charge in [0.25, 0.3) is 5.69 Å². The van der Waals surface area contributed by atoms with Gasteiger partial charge in [0.1, 0.15) is 5.02 Å². The molecule has 4 rings (SSSR count). The highest BCUT2D eigenvalue weighted by molar-refractivity contribution is 7.14. The Morgan fingerprint density at radius 3 is 2.76 bits per heavy atom. The number of thiophene rings is 1. The van der Waals surface area contributed by atoms with E-state index in [0.717, 1.165) is 28.2 Å². The number of nitrogens with zero attached hydrogens (tertiary/aromatic N) is 4. The van der Waals surface area contributed by atoms with Crippen LogP contribution in [-0.4, -0.2) is 21.9 Å². The van der Waals surface area contributed by atoms with Crippen molar-refractivity contribution in [2.75, 3.05) is 0 Å². The Labute approximate surface area is 181 Å². The van der Waals surface area contributed by atoms with E-state index in [2.05, 4.69) is 16.5 Å². The first kappa shape index (κ1) is 20.0. The summed E-state index contributed by atoms with van der Waals surface area (Å²) in [4.78, 5) is 17.6. The summed E-state index contributed by atoms with van der Waals surface area (Å²) >= 11 is 9.13. The van der Waals surface area contributed by atoms with E-state index in [1.54, 1.807) is 35.0 Å². The number of hydrogen-bond donors (Lipinski definition) is 0. The van der Waals surface area contributed by atoms with Gasteiger partial charge in [0, 0.05) is 17.0 Å². The molecule has 0 N–H and O–H groups in total. The minimum atomic E-state index is -0.488. The van der Waals surface area contributed by atoms with Gasteiger partial charge in [0.05, 0.1) is 27.8 Å². The average Bonchev–Trinajstić information content (AvgIpc) is 3.38. The zero-order valence-corrected chi connectivity index (χ0v) is 17.9. The summed E-state index contributed by atoms with van der Waals surface area (Å²) in [6.07, 6.45) is 7.56. The summed E-state index contributed by atoms with van der Waals surface area (Å²) in [6, 6.07) is 9.06. The zero-order valence-electron chi connectivity index (χ0n) is 15.5. The van der Waals surface area contributed by atoms with E-state index in [1.165, 1.54) is 31.4 Å². The normalized spacial score (nSPS) is 16.0. The second kappa shape index (κ2) is 9.02. The lowest BCUT2D eigenvalue weighted by Gasteiger charge is -2.16. The number of thiazole rings is 1. The number of nitro benzene ring substituents is 1. The molecule has 0 unspecified atom stereocenters. The van der Waals surface area contributed by atoms with Crippen molar-refractivity contribution < 1.29 is 4.92 Å². The van der Waals surface area contributed by atoms with Gasteiger partial charge in [-0.15, -0.1) is 22.7 Å². The monoisotopic (exact) mass is 446 g/mol. The van der Waals surface area contributed by atoms with E-state index in [-0.39, 0.29) is 10.7 Å². The second-order valence-corrected chi connectivity index (χ2v) is 9.02. The van der Waals surface area contributed by atoms with Gasteiger partial charge in [-0.3, -0.25) is 15.1 Å². The van der Waals surface area contributed by atoms with Crippen molar-refractivity contribution >= 4 is 46.2 Å². The van der Waals surface area contributed by atoms with Crippen molar-refractivity contribution in [1.29, 1.82) is 0 Å². The largest absolute Gasteiger partial charge is 0.288 e. The topological polar surface area (TPSA) is 72.8 Å². The van der Waals surface area contributed by atoms with E-state index in [1.807, 2.05) is 16.1 Å². The highest BCUT2D eigenvalue weighted by Gasteiger charge is 2.15. The van der Waals surface area contributed by atoms with Crippen LogP contribution in [0.2, 0.25) is 5.02 Å². The molecule has 150 valence electrons. The fourth-order valence-electron chi connectivity index (χ4n) is 3.34. The molecule has 1 fully saturated rings. The van der Waals surface area contributed by atoms with E-state index in [4.69, 9.17) is 16.6 Å². The summed E-state index contributed by atoms with van der Waals surface area (Å²) in [6.45, 7) is 0. The number of aromatic nitrogens is 1. The Balaban J connectivity index is 1.74. The second-order valence-electron chi connectivity index (χ2n) is 6.83. The maximum Gasteiger partial charge on any atom is 0.288 e. The smallest absolute Gasteiger partial charge is 0.258 e. The van der Waals surface area contributed by atoms with Crippen LogP contribution >= 0.6 is 34.3 Å². The molecule has 1 aromatic carbocycles. The minimum absolute atomic E-state index is 0.114. The van der Waals surface area contributed by atoms with Gasteiger partial charge in [-0.25, -0.2) is 4.68 Å². The Kier molecular flexibility index (Phi) is 6.22. The Morgan fingerprint density at radius 2 is 2.03 bits per heavy atom. The predicted molar refractivity (Wildman–Crippen MR) is 119 cm³/mol. The Bertz CT molecular complexity index is 1100. The number of hydrogen-bond acceptors (Lipinski definition) is 6. The highest BCUT2D eigenvalue weighted by Crippen LogP contribution is 2.27. The molecule has 0 atom stereocenters. The summed E-state index contributed by atoms with van der Waals surface area (Å²) in [7, 11) is 0. The van der Waals surface area contributed by atoms with Crippen LogP contribution in [0.25, 0.3) is 10.6 Å². The first-order valence-electron chi connectivity index (χ1n) is 9.38. The van der Waals surface area contributed by atoms with Crippen LogP contribution in [0.4, 0.5) is 5.69 Å². The fourth-order valence-corrected chi connectivity index (χ4v) is 5.22. The van der Waals surface area contributed by atoms with Crippen LogP contribution in [0.3, 0.4) is 0 Å². The number of benzene rings is 1. The third-order valence-corrected chi connectivity index (χ3v) is 6.86. The van der Waals surface area contributed by atoms with Crippen molar-refractivity contribution in [2.24, 2.45) is 10.1 Å². The summed E-state index contributed by atoms with van der Waals surface area (Å²) in [5.74, 6) is 0. The minimum Gasteiger partial charge on any atom is -0.258 e. The Hall–Kier alpha value is -2.29. The van der Waals surface area contributed by atoms with Crippen molar-refractivity contribution in [3.05, 3.63) is 66.6 Å². The van der Waals surface area contributed by atoms with E-state index in [9.17, 15) is 10.1 Å². The molecular formula is C20H19ClN4O2S2. The summed E-state index contributed by atoms with van der Waals surface area (Å²) in [5, 5.41) is 20.0. The summed E-state index contributed by atoms with van der Waals surface area (Å²) < 4.78 is 1.84. The molecule has 3 aromatic rings. The molecule has 2 heterocycles. The van der Waals surface area contributed by atoms with Gasteiger partial charge in [-0.05, 0) is 30.4 Å². The molecule has 0 amide bonds. The molecule has 1 saturated carbocycles. The standard InChI is InChI=1S/C20H19ClN4O2S2/c21-16-9-8-14(11-17(16)25(26)27)12-22-24-18(19-7-4-10-28-19)13-29-20(24)23-15-5-2-1-3-6-15/h4,7-13,15H,1-3,5-6H2. The molecule has 9 heteroatoms. The average molecular weight is 447 g/mol. The van der Waals surface area contributed by atoms with Gasteiger partial charge in [-0.1, -0.05) is 43.0 Å². The van der Waals surface area contributed by atoms with Gasteiger partial charge in [0.15, 0.2) is 0 Å². The Morgan fingerprint density at radius 1 is 1.21 bits per heavy atom. The van der Waals surface area contributed by atoms with Crippen LogP contribution < -0.4 is 4.80 Å². The van der Waals surface area contributed by atoms with Gasteiger partial charge in [0.2, 0.25) is 4.80 Å². The zero-order chi connectivity index (χ0) is 20.2. The maximum absolute atomic E-state index is 11.2. The fraction of sp³-hybridized carbons (Fsp3) is 0.300. The third-order valence-electron chi connectivity index (χ3n) is 4.82. The van der Waals surface area contributed by atoms with Gasteiger partial charge >= 0.3 is 0 Å². The third kappa shape index (κ3) is 4.66. The van der Waals surface area contributed by atoms with E-state index < -0.39 is 4.92 Å². The first-order valence-corrected chi connectivity index (χ1v) is 11.5. The van der Waals surface area contributed by atoms with Crippen LogP contribution in [0, 0.1) is 10.1 Å². The van der Waals surface area contributed by atoms with Gasteiger partial charge < -0.3 is 0 Å². The first-order chi connectivity index (χ1) is 14.1. The molecular weight excluding hydrogens is 428 g/mol. The summed E-state index contributed by atoms with van der Waals surface area (Å²) in [5.41, 5.74) is 1.45. The molecule has 0 saturated heterocycles. The SMILES string of the molecule is O=[N+]([O-])c1cc(C=Nn2c(-c3cccs3)csc2=NC2CCCCC2)ccc1Cl. The number of halogens is 1. The molecule has 6 nitrogen and oxygen atoms in total. The molecule has 0 radical (unpaired) electrons. The lowest BCUT2D eigenvalue weighted by Crippen LogP contribution is -2.18. The lowest BCUT2D eigenvalue weighted by atomic mass is 9.96. The van der Waals surface area contributed by atoms with Crippen LogP contribution in [0.5, 0.6) is 0 Å². The van der Waals surface area contributed by atoms with Crippen molar-refractivity contribution in [3.63, 3.8) is 0 Å². The van der Waals surface area contributed by atoms with Crippen LogP contribution in [0.1, 0.15) is 37.7 Å². The van der Waals surface area contributed by atoms with Gasteiger partial charge in [-0.2, -0.15) is 5.10 Å². The van der Waals surface area contributed by atoms with Crippen molar-refractivity contribution in [1.82, 2.24) is 4.68 Å². The molecule has 0 bridgehead atoms. The molecule has 0 spiro atoms. The predicted octanol–water partition coefficient (Wildman–Crippen LogP) is 5.96. The number of nitro groups is 1. The van der Waals surface area contributed by atoms with E-state index >= 15 is 0 Å². The highest BCUT2D eigenvalue weighted by atomic mass is 35.5. The number of rotatable bonds is 5. The van der Waals surface area contributed by atoms with Crippen molar-refractivity contribution in [2.45, 2.75) is 38.1 Å². The van der Waals surface area contributed by atoms with Crippen molar-refractivity contribution in [3.8, 4) is 10.6 Å².